The quantitative estimate of drug-likeness (QED) is 0.556. The summed E-state index contributed by atoms with van der Waals surface area (Å²) in [6.07, 6.45) is 0.827. The molecular weight excluding hydrogens is 378 g/mol. The van der Waals surface area contributed by atoms with E-state index in [1.54, 1.807) is 13.0 Å². The van der Waals surface area contributed by atoms with Gasteiger partial charge in [0.05, 0.1) is 25.8 Å². The van der Waals surface area contributed by atoms with E-state index in [-0.39, 0.29) is 11.5 Å². The van der Waals surface area contributed by atoms with Crippen molar-refractivity contribution in [3.05, 3.63) is 35.0 Å². The Balaban J connectivity index is 2.55. The van der Waals surface area contributed by atoms with Crippen LogP contribution < -0.4 is 14.8 Å². The lowest BCUT2D eigenvalue weighted by molar-refractivity contribution is -0.136. The molecule has 1 aliphatic heterocycles. The number of ether oxygens (including phenoxy) is 3. The number of nitrogens with one attached hydrogen (secondary N) is 1. The van der Waals surface area contributed by atoms with Gasteiger partial charge in [-0.25, -0.2) is 4.79 Å². The van der Waals surface area contributed by atoms with Crippen LogP contribution in [0.1, 0.15) is 31.9 Å². The van der Waals surface area contributed by atoms with Crippen molar-refractivity contribution < 1.29 is 27.8 Å². The lowest BCUT2D eigenvalue weighted by Crippen LogP contribution is -2.48. The summed E-state index contributed by atoms with van der Waals surface area (Å²) in [4.78, 5) is 14.3. The standard InChI is InChI=1S/C18H22F2N2O4S/c1-5-8-22-10(2)14(16(23)25-4)15(21-18(22)27)11-6-7-12(24-3)13(9-11)26-17(19)20/h6-7,9,15,17H,5,8H2,1-4H3,(H,21,27)/t15-/m1/s1. The third kappa shape index (κ3) is 4.47. The maximum Gasteiger partial charge on any atom is 0.387 e. The molecule has 0 saturated carbocycles. The van der Waals surface area contributed by atoms with Crippen molar-refractivity contribution in [3.63, 3.8) is 0 Å². The molecule has 1 heterocycles. The summed E-state index contributed by atoms with van der Waals surface area (Å²) in [5.74, 6) is -0.498. The average Bonchev–Trinajstić information content (AvgIpc) is 2.63. The molecule has 0 bridgehead atoms. The highest BCUT2D eigenvalue weighted by atomic mass is 32.1. The molecule has 27 heavy (non-hydrogen) atoms. The van der Waals surface area contributed by atoms with Crippen LogP contribution in [-0.4, -0.2) is 43.4 Å². The summed E-state index contributed by atoms with van der Waals surface area (Å²) in [6.45, 7) is 1.40. The Morgan fingerprint density at radius 3 is 2.59 bits per heavy atom. The molecule has 1 N–H and O–H groups in total. The molecule has 9 heteroatoms. The van der Waals surface area contributed by atoms with Crippen LogP contribution in [-0.2, 0) is 9.53 Å². The Bertz CT molecular complexity index is 755. The van der Waals surface area contributed by atoms with Crippen LogP contribution in [0.2, 0.25) is 0 Å². The van der Waals surface area contributed by atoms with Crippen LogP contribution in [0.4, 0.5) is 8.78 Å². The Kier molecular flexibility index (Phi) is 6.95. The summed E-state index contributed by atoms with van der Waals surface area (Å²) in [5.41, 5.74) is 1.53. The molecule has 1 aromatic rings. The average molecular weight is 400 g/mol. The van der Waals surface area contributed by atoms with Gasteiger partial charge in [-0.1, -0.05) is 13.0 Å². The molecule has 2 rings (SSSR count). The van der Waals surface area contributed by atoms with Gasteiger partial charge in [0.2, 0.25) is 0 Å². The van der Waals surface area contributed by atoms with E-state index in [1.807, 2.05) is 11.8 Å². The number of hydrogen-bond donors (Lipinski definition) is 1. The first-order valence-corrected chi connectivity index (χ1v) is 8.74. The highest BCUT2D eigenvalue weighted by Crippen LogP contribution is 2.36. The first-order valence-electron chi connectivity index (χ1n) is 8.33. The van der Waals surface area contributed by atoms with Gasteiger partial charge in [-0.15, -0.1) is 0 Å². The molecule has 0 aromatic heterocycles. The summed E-state index contributed by atoms with van der Waals surface area (Å²) >= 11 is 5.43. The van der Waals surface area contributed by atoms with Crippen LogP contribution in [0.15, 0.2) is 29.5 Å². The van der Waals surface area contributed by atoms with Gasteiger partial charge in [-0.2, -0.15) is 8.78 Å². The normalized spacial score (nSPS) is 17.1. The number of rotatable bonds is 7. The highest BCUT2D eigenvalue weighted by Gasteiger charge is 2.34. The summed E-state index contributed by atoms with van der Waals surface area (Å²) in [7, 11) is 2.64. The molecule has 6 nitrogen and oxygen atoms in total. The molecule has 0 fully saturated rings. The molecule has 148 valence electrons. The lowest BCUT2D eigenvalue weighted by Gasteiger charge is -2.37. The minimum atomic E-state index is -3.01. The van der Waals surface area contributed by atoms with Gasteiger partial charge >= 0.3 is 12.6 Å². The maximum atomic E-state index is 12.7. The molecule has 1 aliphatic rings. The zero-order valence-electron chi connectivity index (χ0n) is 15.5. The van der Waals surface area contributed by atoms with E-state index in [4.69, 9.17) is 21.7 Å². The number of halogens is 2. The van der Waals surface area contributed by atoms with Crippen molar-refractivity contribution >= 4 is 23.3 Å². The van der Waals surface area contributed by atoms with Crippen molar-refractivity contribution in [1.29, 1.82) is 0 Å². The fourth-order valence-corrected chi connectivity index (χ4v) is 3.31. The second kappa shape index (κ2) is 8.98. The molecule has 0 spiro atoms. The first-order chi connectivity index (χ1) is 12.8. The number of esters is 1. The van der Waals surface area contributed by atoms with E-state index in [0.29, 0.717) is 28.5 Å². The largest absolute Gasteiger partial charge is 0.493 e. The van der Waals surface area contributed by atoms with Gasteiger partial charge in [0.1, 0.15) is 0 Å². The number of benzene rings is 1. The summed E-state index contributed by atoms with van der Waals surface area (Å²) in [6, 6.07) is 3.89. The number of allylic oxidation sites excluding steroid dienone is 1. The number of methoxy groups -OCH3 is 2. The monoisotopic (exact) mass is 400 g/mol. The van der Waals surface area contributed by atoms with Gasteiger partial charge in [-0.3, -0.25) is 0 Å². The Morgan fingerprint density at radius 1 is 1.33 bits per heavy atom. The van der Waals surface area contributed by atoms with Crippen molar-refractivity contribution in [2.24, 2.45) is 0 Å². The summed E-state index contributed by atoms with van der Waals surface area (Å²) < 4.78 is 40.0. The molecule has 1 atom stereocenters. The van der Waals surface area contributed by atoms with E-state index in [2.05, 4.69) is 10.1 Å². The number of carbonyl (C=O) groups excluding carboxylic acids is 1. The fourth-order valence-electron chi connectivity index (χ4n) is 2.96. The van der Waals surface area contributed by atoms with E-state index < -0.39 is 18.6 Å². The van der Waals surface area contributed by atoms with Crippen LogP contribution in [0.5, 0.6) is 11.5 Å². The van der Waals surface area contributed by atoms with Crippen molar-refractivity contribution in [1.82, 2.24) is 10.2 Å². The van der Waals surface area contributed by atoms with Crippen molar-refractivity contribution in [3.8, 4) is 11.5 Å². The summed E-state index contributed by atoms with van der Waals surface area (Å²) in [5, 5.41) is 3.54. The second-order valence-corrected chi connectivity index (χ2v) is 6.20. The first kappa shape index (κ1) is 20.9. The minimum Gasteiger partial charge on any atom is -0.493 e. The number of hydrogen-bond acceptors (Lipinski definition) is 5. The molecular formula is C18H22F2N2O4S. The van der Waals surface area contributed by atoms with Crippen molar-refractivity contribution in [2.45, 2.75) is 32.9 Å². The third-order valence-corrected chi connectivity index (χ3v) is 4.52. The Morgan fingerprint density at radius 2 is 2.04 bits per heavy atom. The Hall–Kier alpha value is -2.42. The predicted octanol–water partition coefficient (Wildman–Crippen LogP) is 3.38. The molecule has 0 saturated heterocycles. The van der Waals surface area contributed by atoms with Crippen LogP contribution >= 0.6 is 12.2 Å². The minimum absolute atomic E-state index is 0.129. The van der Waals surface area contributed by atoms with Crippen LogP contribution in [0.3, 0.4) is 0 Å². The van der Waals surface area contributed by atoms with E-state index in [9.17, 15) is 13.6 Å². The molecule has 0 aliphatic carbocycles. The van der Waals surface area contributed by atoms with E-state index >= 15 is 0 Å². The lowest BCUT2D eigenvalue weighted by atomic mass is 9.94. The predicted molar refractivity (Wildman–Crippen MR) is 99.8 cm³/mol. The Labute approximate surface area is 162 Å². The van der Waals surface area contributed by atoms with Crippen molar-refractivity contribution in [2.75, 3.05) is 20.8 Å². The number of nitrogens with zero attached hydrogens (tertiary/aromatic N) is 1. The smallest absolute Gasteiger partial charge is 0.387 e. The maximum absolute atomic E-state index is 12.7. The van der Waals surface area contributed by atoms with Crippen LogP contribution in [0.25, 0.3) is 0 Å². The molecule has 0 radical (unpaired) electrons. The van der Waals surface area contributed by atoms with E-state index in [0.717, 1.165) is 6.42 Å². The third-order valence-electron chi connectivity index (χ3n) is 4.19. The second-order valence-electron chi connectivity index (χ2n) is 5.81. The highest BCUT2D eigenvalue weighted by molar-refractivity contribution is 7.80. The SMILES string of the molecule is CCCN1C(=S)N[C@H](c2ccc(OC)c(OC(F)F)c2)C(C(=O)OC)=C1C. The fraction of sp³-hybridized carbons (Fsp3) is 0.444. The van der Waals surface area contributed by atoms with Gasteiger partial charge < -0.3 is 24.4 Å². The van der Waals surface area contributed by atoms with E-state index in [1.165, 1.54) is 26.4 Å². The topological polar surface area (TPSA) is 60.0 Å². The number of carbonyl (C=O) groups is 1. The molecule has 0 unspecified atom stereocenters. The van der Waals surface area contributed by atoms with Gasteiger partial charge in [0.25, 0.3) is 0 Å². The number of thiocarbonyl (C=S) groups is 1. The molecule has 1 aromatic carbocycles. The van der Waals surface area contributed by atoms with Gasteiger partial charge in [0, 0.05) is 12.2 Å². The molecule has 0 amide bonds. The van der Waals surface area contributed by atoms with Crippen LogP contribution in [0, 0.1) is 0 Å². The zero-order chi connectivity index (χ0) is 20.1. The van der Waals surface area contributed by atoms with Gasteiger partial charge in [-0.05, 0) is 43.3 Å². The number of alkyl halides is 2. The van der Waals surface area contributed by atoms with Gasteiger partial charge in [0.15, 0.2) is 16.6 Å². The zero-order valence-corrected chi connectivity index (χ0v) is 16.4.